The van der Waals surface area contributed by atoms with Crippen molar-refractivity contribution in [3.8, 4) is 0 Å². The fraction of sp³-hybridized carbons (Fsp3) is 0.278. The van der Waals surface area contributed by atoms with Gasteiger partial charge in [0, 0.05) is 22.7 Å². The van der Waals surface area contributed by atoms with Crippen molar-refractivity contribution in [3.63, 3.8) is 0 Å². The minimum atomic E-state index is -3.27. The summed E-state index contributed by atoms with van der Waals surface area (Å²) in [6.45, 7) is 2.07. The summed E-state index contributed by atoms with van der Waals surface area (Å²) in [5.74, 6) is -0.127. The highest BCUT2D eigenvalue weighted by Crippen LogP contribution is 2.31. The first-order valence-electron chi connectivity index (χ1n) is 8.03. The van der Waals surface area contributed by atoms with Gasteiger partial charge in [0.15, 0.2) is 0 Å². The Kier molecular flexibility index (Phi) is 5.06. The molecule has 0 bridgehead atoms. The zero-order valence-electron chi connectivity index (χ0n) is 14.2. The third-order valence-electron chi connectivity index (χ3n) is 4.22. The lowest BCUT2D eigenvalue weighted by Gasteiger charge is -2.18. The number of anilines is 2. The van der Waals surface area contributed by atoms with Crippen LogP contribution < -0.4 is 9.62 Å². The molecule has 5 nitrogen and oxygen atoms in total. The summed E-state index contributed by atoms with van der Waals surface area (Å²) in [4.78, 5) is 13.6. The molecule has 1 amide bonds. The van der Waals surface area contributed by atoms with Crippen LogP contribution in [0.4, 0.5) is 11.4 Å². The molecule has 0 saturated carbocycles. The van der Waals surface area contributed by atoms with Crippen molar-refractivity contribution in [1.82, 2.24) is 0 Å². The molecule has 132 valence electrons. The number of amides is 1. The van der Waals surface area contributed by atoms with Gasteiger partial charge in [0.1, 0.15) is 0 Å². The number of nitrogens with one attached hydrogen (secondary N) is 1. The first kappa shape index (κ1) is 17.8. The Bertz CT molecular complexity index is 910. The van der Waals surface area contributed by atoms with Crippen LogP contribution in [0, 0.1) is 0 Å². The van der Waals surface area contributed by atoms with Gasteiger partial charge in [-0.05, 0) is 61.6 Å². The highest BCUT2D eigenvalue weighted by Gasteiger charge is 2.28. The van der Waals surface area contributed by atoms with Gasteiger partial charge in [-0.25, -0.2) is 8.42 Å². The van der Waals surface area contributed by atoms with E-state index in [4.69, 9.17) is 0 Å². The number of rotatable bonds is 5. The summed E-state index contributed by atoms with van der Waals surface area (Å²) in [6, 6.07) is 12.8. The normalized spacial score (nSPS) is 13.6. The average Bonchev–Trinajstić information content (AvgIpc) is 3.05. The molecule has 1 heterocycles. The molecular formula is C18H20N2O3S2. The number of benzene rings is 2. The van der Waals surface area contributed by atoms with Gasteiger partial charge in [0.25, 0.3) is 5.91 Å². The number of carbonyl (C=O) groups excluding carboxylic acids is 1. The molecule has 0 aromatic heterocycles. The monoisotopic (exact) mass is 376 g/mol. The lowest BCUT2D eigenvalue weighted by atomic mass is 10.1. The summed E-state index contributed by atoms with van der Waals surface area (Å²) >= 11 is 1.61. The zero-order chi connectivity index (χ0) is 18.0. The second kappa shape index (κ2) is 7.09. The molecule has 0 atom stereocenters. The highest BCUT2D eigenvalue weighted by atomic mass is 32.2. The van der Waals surface area contributed by atoms with E-state index in [1.165, 1.54) is 4.31 Å². The molecule has 0 unspecified atom stereocenters. The van der Waals surface area contributed by atoms with E-state index in [-0.39, 0.29) is 11.7 Å². The van der Waals surface area contributed by atoms with Gasteiger partial charge >= 0.3 is 0 Å². The predicted molar refractivity (Wildman–Crippen MR) is 103 cm³/mol. The number of thioether (sulfide) groups is 1. The van der Waals surface area contributed by atoms with E-state index in [0.29, 0.717) is 24.2 Å². The number of nitrogens with zero attached hydrogens (tertiary/aromatic N) is 1. The Balaban J connectivity index is 1.82. The Morgan fingerprint density at radius 3 is 2.76 bits per heavy atom. The highest BCUT2D eigenvalue weighted by molar-refractivity contribution is 7.98. The molecule has 3 rings (SSSR count). The standard InChI is InChI=1S/C18H20N2O3S2/c1-3-25(22,23)20-10-9-13-11-14(7-8-17(13)20)18(21)19-15-5-4-6-16(12-15)24-2/h4-8,11-12H,3,9-10H2,1-2H3,(H,19,21). The van der Waals surface area contributed by atoms with Gasteiger partial charge in [-0.3, -0.25) is 9.10 Å². The van der Waals surface area contributed by atoms with Crippen molar-refractivity contribution in [2.45, 2.75) is 18.2 Å². The molecule has 0 saturated heterocycles. The second-order valence-electron chi connectivity index (χ2n) is 5.75. The van der Waals surface area contributed by atoms with Crippen LogP contribution in [0.25, 0.3) is 0 Å². The van der Waals surface area contributed by atoms with Crippen LogP contribution in [0.2, 0.25) is 0 Å². The van der Waals surface area contributed by atoms with Crippen LogP contribution in [0.15, 0.2) is 47.4 Å². The van der Waals surface area contributed by atoms with Crippen molar-refractivity contribution in [1.29, 1.82) is 0 Å². The number of carbonyl (C=O) groups is 1. The lowest BCUT2D eigenvalue weighted by Crippen LogP contribution is -2.30. The van der Waals surface area contributed by atoms with Crippen molar-refractivity contribution < 1.29 is 13.2 Å². The van der Waals surface area contributed by atoms with E-state index in [2.05, 4.69) is 5.32 Å². The Morgan fingerprint density at radius 2 is 2.04 bits per heavy atom. The second-order valence-corrected chi connectivity index (χ2v) is 8.81. The number of fused-ring (bicyclic) bond motifs is 1. The molecule has 2 aromatic rings. The molecule has 1 aliphatic rings. The fourth-order valence-corrected chi connectivity index (χ4v) is 4.48. The molecule has 0 fully saturated rings. The number of hydrogen-bond acceptors (Lipinski definition) is 4. The van der Waals surface area contributed by atoms with E-state index in [1.54, 1.807) is 36.9 Å². The first-order chi connectivity index (χ1) is 11.9. The molecule has 0 spiro atoms. The summed E-state index contributed by atoms with van der Waals surface area (Å²) in [7, 11) is -3.27. The quantitative estimate of drug-likeness (QED) is 0.813. The maximum Gasteiger partial charge on any atom is 0.255 e. The van der Waals surface area contributed by atoms with Gasteiger partial charge in [-0.1, -0.05) is 6.07 Å². The van der Waals surface area contributed by atoms with Crippen molar-refractivity contribution in [2.24, 2.45) is 0 Å². The third-order valence-corrected chi connectivity index (χ3v) is 6.73. The molecule has 1 N–H and O–H groups in total. The predicted octanol–water partition coefficient (Wildman–Crippen LogP) is 3.37. The average molecular weight is 377 g/mol. The van der Waals surface area contributed by atoms with E-state index in [0.717, 1.165) is 16.1 Å². The van der Waals surface area contributed by atoms with Crippen LogP contribution >= 0.6 is 11.8 Å². The van der Waals surface area contributed by atoms with Crippen molar-refractivity contribution in [2.75, 3.05) is 28.2 Å². The van der Waals surface area contributed by atoms with Crippen molar-refractivity contribution in [3.05, 3.63) is 53.6 Å². The van der Waals surface area contributed by atoms with Gasteiger partial charge in [-0.15, -0.1) is 11.8 Å². The number of sulfonamides is 1. The lowest BCUT2D eigenvalue weighted by molar-refractivity contribution is 0.102. The molecule has 1 aliphatic heterocycles. The topological polar surface area (TPSA) is 66.5 Å². The molecule has 0 radical (unpaired) electrons. The SMILES string of the molecule is CCS(=O)(=O)N1CCc2cc(C(=O)Nc3cccc(SC)c3)ccc21. The molecule has 0 aliphatic carbocycles. The van der Waals surface area contributed by atoms with E-state index >= 15 is 0 Å². The van der Waals surface area contributed by atoms with Crippen LogP contribution in [-0.2, 0) is 16.4 Å². The molecule has 2 aromatic carbocycles. The summed E-state index contributed by atoms with van der Waals surface area (Å²) < 4.78 is 25.7. The molecule has 25 heavy (non-hydrogen) atoms. The molecular weight excluding hydrogens is 356 g/mol. The van der Waals surface area contributed by atoms with Gasteiger partial charge in [0.05, 0.1) is 11.4 Å². The van der Waals surface area contributed by atoms with Gasteiger partial charge < -0.3 is 5.32 Å². The third kappa shape index (κ3) is 3.67. The Labute approximate surface area is 152 Å². The van der Waals surface area contributed by atoms with Gasteiger partial charge in [-0.2, -0.15) is 0 Å². The summed E-state index contributed by atoms with van der Waals surface area (Å²) in [6.07, 6.45) is 2.61. The fourth-order valence-electron chi connectivity index (χ4n) is 2.86. The Hall–Kier alpha value is -1.99. The van der Waals surface area contributed by atoms with Crippen LogP contribution in [0.3, 0.4) is 0 Å². The number of hydrogen-bond donors (Lipinski definition) is 1. The smallest absolute Gasteiger partial charge is 0.255 e. The first-order valence-corrected chi connectivity index (χ1v) is 10.9. The summed E-state index contributed by atoms with van der Waals surface area (Å²) in [5.41, 5.74) is 2.85. The van der Waals surface area contributed by atoms with Crippen LogP contribution in [0.1, 0.15) is 22.8 Å². The molecule has 7 heteroatoms. The minimum Gasteiger partial charge on any atom is -0.322 e. The maximum absolute atomic E-state index is 12.5. The van der Waals surface area contributed by atoms with E-state index in [9.17, 15) is 13.2 Å². The minimum absolute atomic E-state index is 0.0699. The van der Waals surface area contributed by atoms with Crippen LogP contribution in [-0.4, -0.2) is 32.9 Å². The maximum atomic E-state index is 12.5. The van der Waals surface area contributed by atoms with E-state index < -0.39 is 10.0 Å². The zero-order valence-corrected chi connectivity index (χ0v) is 15.8. The van der Waals surface area contributed by atoms with E-state index in [1.807, 2.05) is 30.5 Å². The van der Waals surface area contributed by atoms with Crippen molar-refractivity contribution >= 4 is 39.1 Å². The van der Waals surface area contributed by atoms with Gasteiger partial charge in [0.2, 0.25) is 10.0 Å². The van der Waals surface area contributed by atoms with Crippen LogP contribution in [0.5, 0.6) is 0 Å². The largest absolute Gasteiger partial charge is 0.322 e. The summed E-state index contributed by atoms with van der Waals surface area (Å²) in [5, 5.41) is 2.89. The Morgan fingerprint density at radius 1 is 1.24 bits per heavy atom.